The number of hydrogen-bond donors (Lipinski definition) is 2. The van der Waals surface area contributed by atoms with Crippen LogP contribution in [-0.4, -0.2) is 29.8 Å². The van der Waals surface area contributed by atoms with Gasteiger partial charge in [-0.25, -0.2) is 0 Å². The highest BCUT2D eigenvalue weighted by molar-refractivity contribution is 9.10. The number of ether oxygens (including phenoxy) is 2. The molecule has 0 bridgehead atoms. The molecule has 6 nitrogen and oxygen atoms in total. The molecule has 2 aromatic rings. The molecule has 0 unspecified atom stereocenters. The van der Waals surface area contributed by atoms with Crippen LogP contribution in [0, 0.1) is 6.92 Å². The van der Waals surface area contributed by atoms with E-state index in [0.717, 1.165) is 24.1 Å². The standard InChI is InChI=1S/C17H22BrN3O3/c1-4-5-8-24-13-7-6-12(9-14(13)23-3)10-19-17(22)16-15(18)11(2)20-21-16/h6-7,9H,4-5,8,10H2,1-3H3,(H,19,22)(H,20,21). The maximum atomic E-state index is 12.2. The third-order valence-electron chi connectivity index (χ3n) is 3.52. The summed E-state index contributed by atoms with van der Waals surface area (Å²) in [5.41, 5.74) is 2.08. The van der Waals surface area contributed by atoms with Gasteiger partial charge in [-0.1, -0.05) is 19.4 Å². The zero-order chi connectivity index (χ0) is 17.5. The second-order valence-electron chi connectivity index (χ2n) is 5.38. The van der Waals surface area contributed by atoms with Gasteiger partial charge in [-0.05, 0) is 47.0 Å². The summed E-state index contributed by atoms with van der Waals surface area (Å²) in [5, 5.41) is 9.61. The van der Waals surface area contributed by atoms with E-state index in [0.29, 0.717) is 34.8 Å². The monoisotopic (exact) mass is 395 g/mol. The molecule has 0 saturated heterocycles. The molecule has 0 aliphatic carbocycles. The van der Waals surface area contributed by atoms with Crippen molar-refractivity contribution in [3.05, 3.63) is 39.6 Å². The quantitative estimate of drug-likeness (QED) is 0.669. The van der Waals surface area contributed by atoms with E-state index in [4.69, 9.17) is 9.47 Å². The average Bonchev–Trinajstić information content (AvgIpc) is 2.93. The van der Waals surface area contributed by atoms with Crippen molar-refractivity contribution in [3.8, 4) is 11.5 Å². The van der Waals surface area contributed by atoms with Crippen molar-refractivity contribution in [2.24, 2.45) is 0 Å². The normalized spacial score (nSPS) is 10.5. The first kappa shape index (κ1) is 18.3. The van der Waals surface area contributed by atoms with Crippen LogP contribution >= 0.6 is 15.9 Å². The number of amides is 1. The Morgan fingerprint density at radius 1 is 1.38 bits per heavy atom. The van der Waals surface area contributed by atoms with Crippen LogP contribution in [0.4, 0.5) is 0 Å². The minimum atomic E-state index is -0.242. The van der Waals surface area contributed by atoms with E-state index in [9.17, 15) is 4.79 Å². The van der Waals surface area contributed by atoms with Crippen LogP contribution < -0.4 is 14.8 Å². The molecule has 0 fully saturated rings. The van der Waals surface area contributed by atoms with Crippen molar-refractivity contribution in [2.75, 3.05) is 13.7 Å². The van der Waals surface area contributed by atoms with E-state index in [1.807, 2.05) is 25.1 Å². The third-order valence-corrected chi connectivity index (χ3v) is 4.49. The predicted octanol–water partition coefficient (Wildman–Crippen LogP) is 3.60. The van der Waals surface area contributed by atoms with Crippen LogP contribution in [0.1, 0.15) is 41.5 Å². The molecule has 0 aliphatic heterocycles. The average molecular weight is 396 g/mol. The van der Waals surface area contributed by atoms with Crippen molar-refractivity contribution in [3.63, 3.8) is 0 Å². The lowest BCUT2D eigenvalue weighted by atomic mass is 10.2. The number of benzene rings is 1. The van der Waals surface area contributed by atoms with Gasteiger partial charge >= 0.3 is 0 Å². The minimum absolute atomic E-state index is 0.242. The Hall–Kier alpha value is -2.02. The highest BCUT2D eigenvalue weighted by Gasteiger charge is 2.15. The molecule has 0 atom stereocenters. The molecule has 1 aromatic carbocycles. The summed E-state index contributed by atoms with van der Waals surface area (Å²) < 4.78 is 11.8. The highest BCUT2D eigenvalue weighted by Crippen LogP contribution is 2.28. The lowest BCUT2D eigenvalue weighted by Crippen LogP contribution is -2.23. The Balaban J connectivity index is 1.99. The summed E-state index contributed by atoms with van der Waals surface area (Å²) in [6.07, 6.45) is 2.08. The number of aromatic nitrogens is 2. The molecule has 1 heterocycles. The molecule has 130 valence electrons. The summed E-state index contributed by atoms with van der Waals surface area (Å²) in [4.78, 5) is 12.2. The first-order valence-electron chi connectivity index (χ1n) is 7.85. The van der Waals surface area contributed by atoms with E-state index >= 15 is 0 Å². The molecular weight excluding hydrogens is 374 g/mol. The van der Waals surface area contributed by atoms with Gasteiger partial charge in [0.15, 0.2) is 17.2 Å². The van der Waals surface area contributed by atoms with E-state index < -0.39 is 0 Å². The van der Waals surface area contributed by atoms with Crippen LogP contribution in [0.15, 0.2) is 22.7 Å². The maximum Gasteiger partial charge on any atom is 0.273 e. The fourth-order valence-corrected chi connectivity index (χ4v) is 2.46. The van der Waals surface area contributed by atoms with Crippen LogP contribution in [0.25, 0.3) is 0 Å². The van der Waals surface area contributed by atoms with Gasteiger partial charge in [0.25, 0.3) is 5.91 Å². The Morgan fingerprint density at radius 3 is 2.79 bits per heavy atom. The Labute approximate surface area is 150 Å². The van der Waals surface area contributed by atoms with E-state index in [2.05, 4.69) is 38.4 Å². The Bertz CT molecular complexity index is 700. The van der Waals surface area contributed by atoms with Crippen LogP contribution in [0.5, 0.6) is 11.5 Å². The van der Waals surface area contributed by atoms with Crippen molar-refractivity contribution in [2.45, 2.75) is 33.2 Å². The highest BCUT2D eigenvalue weighted by atomic mass is 79.9. The fourth-order valence-electron chi connectivity index (χ4n) is 2.10. The van der Waals surface area contributed by atoms with E-state index in [1.54, 1.807) is 7.11 Å². The van der Waals surface area contributed by atoms with Crippen LogP contribution in [-0.2, 0) is 6.54 Å². The molecule has 0 radical (unpaired) electrons. The summed E-state index contributed by atoms with van der Waals surface area (Å²) in [7, 11) is 1.61. The third kappa shape index (κ3) is 4.50. The maximum absolute atomic E-state index is 12.2. The number of aromatic amines is 1. The van der Waals surface area contributed by atoms with Crippen molar-refractivity contribution in [1.29, 1.82) is 0 Å². The van der Waals surface area contributed by atoms with Crippen molar-refractivity contribution in [1.82, 2.24) is 15.5 Å². The van der Waals surface area contributed by atoms with Gasteiger partial charge in [-0.15, -0.1) is 0 Å². The van der Waals surface area contributed by atoms with Gasteiger partial charge in [-0.2, -0.15) is 5.10 Å². The zero-order valence-corrected chi connectivity index (χ0v) is 15.7. The van der Waals surface area contributed by atoms with Crippen molar-refractivity contribution >= 4 is 21.8 Å². The largest absolute Gasteiger partial charge is 0.493 e. The minimum Gasteiger partial charge on any atom is -0.493 e. The molecule has 2 rings (SSSR count). The predicted molar refractivity (Wildman–Crippen MR) is 95.6 cm³/mol. The van der Waals surface area contributed by atoms with Gasteiger partial charge < -0.3 is 14.8 Å². The summed E-state index contributed by atoms with van der Waals surface area (Å²) in [6.45, 7) is 5.00. The molecule has 2 N–H and O–H groups in total. The fraction of sp³-hybridized carbons (Fsp3) is 0.412. The number of nitrogens with one attached hydrogen (secondary N) is 2. The van der Waals surface area contributed by atoms with Gasteiger partial charge in [-0.3, -0.25) is 9.89 Å². The number of rotatable bonds is 8. The number of halogens is 1. The second-order valence-corrected chi connectivity index (χ2v) is 6.17. The van der Waals surface area contributed by atoms with Crippen molar-refractivity contribution < 1.29 is 14.3 Å². The number of unbranched alkanes of at least 4 members (excludes halogenated alkanes) is 1. The SMILES string of the molecule is CCCCOc1ccc(CNC(=O)c2n[nH]c(C)c2Br)cc1OC. The number of carbonyl (C=O) groups excluding carboxylic acids is 1. The molecular formula is C17H22BrN3O3. The summed E-state index contributed by atoms with van der Waals surface area (Å²) >= 11 is 3.35. The summed E-state index contributed by atoms with van der Waals surface area (Å²) in [6, 6.07) is 5.64. The number of hydrogen-bond acceptors (Lipinski definition) is 4. The first-order valence-corrected chi connectivity index (χ1v) is 8.64. The summed E-state index contributed by atoms with van der Waals surface area (Å²) in [5.74, 6) is 1.13. The zero-order valence-electron chi connectivity index (χ0n) is 14.1. The first-order chi connectivity index (χ1) is 11.6. The Morgan fingerprint density at radius 2 is 2.17 bits per heavy atom. The molecule has 1 aromatic heterocycles. The number of carbonyl (C=O) groups is 1. The lowest BCUT2D eigenvalue weighted by molar-refractivity contribution is 0.0945. The van der Waals surface area contributed by atoms with Gasteiger partial charge in [0.2, 0.25) is 0 Å². The molecule has 0 aliphatic rings. The Kier molecular flexibility index (Phi) is 6.66. The smallest absolute Gasteiger partial charge is 0.273 e. The lowest BCUT2D eigenvalue weighted by Gasteiger charge is -2.12. The molecule has 0 saturated carbocycles. The van der Waals surface area contributed by atoms with Crippen LogP contribution in [0.3, 0.4) is 0 Å². The topological polar surface area (TPSA) is 76.2 Å². The van der Waals surface area contributed by atoms with Gasteiger partial charge in [0.1, 0.15) is 0 Å². The number of methoxy groups -OCH3 is 1. The molecule has 0 spiro atoms. The molecule has 7 heteroatoms. The van der Waals surface area contributed by atoms with Gasteiger partial charge in [0.05, 0.1) is 18.2 Å². The molecule has 1 amide bonds. The second kappa shape index (κ2) is 8.73. The van der Waals surface area contributed by atoms with Gasteiger partial charge in [0, 0.05) is 12.2 Å². The molecule has 24 heavy (non-hydrogen) atoms. The number of aryl methyl sites for hydroxylation is 1. The van der Waals surface area contributed by atoms with Crippen LogP contribution in [0.2, 0.25) is 0 Å². The van der Waals surface area contributed by atoms with E-state index in [1.165, 1.54) is 0 Å². The number of H-pyrrole nitrogens is 1. The number of nitrogens with zero attached hydrogens (tertiary/aromatic N) is 1. The van der Waals surface area contributed by atoms with E-state index in [-0.39, 0.29) is 5.91 Å².